The van der Waals surface area contributed by atoms with E-state index in [9.17, 15) is 4.79 Å². The Bertz CT molecular complexity index is 1040. The Hall–Kier alpha value is -2.84. The van der Waals surface area contributed by atoms with Crippen LogP contribution in [-0.2, 0) is 4.79 Å². The fourth-order valence-electron chi connectivity index (χ4n) is 3.30. The molecule has 8 heteroatoms. The minimum absolute atomic E-state index is 0.144. The van der Waals surface area contributed by atoms with E-state index in [1.807, 2.05) is 56.6 Å². The first-order valence-corrected chi connectivity index (χ1v) is 10.7. The first kappa shape index (κ1) is 20.4. The van der Waals surface area contributed by atoms with E-state index in [2.05, 4.69) is 4.90 Å². The number of rotatable bonds is 7. The monoisotopic (exact) mass is 427 g/mol. The molecule has 0 radical (unpaired) electrons. The summed E-state index contributed by atoms with van der Waals surface area (Å²) in [4.78, 5) is 22.0. The van der Waals surface area contributed by atoms with Crippen LogP contribution in [0.5, 0.6) is 17.2 Å². The standard InChI is InChI=1S/C22H25N3O4S/c1-24(2)11-6-12-25(22-23-16-10-9-15(27-3)13-20(16)30-22)21(26)19-14-28-17-7-4-5-8-18(17)29-19/h4-5,7-10,13,19H,6,11-12,14H2,1-3H3. The molecule has 4 rings (SSSR count). The molecule has 1 aromatic heterocycles. The van der Waals surface area contributed by atoms with Crippen LogP contribution in [0.4, 0.5) is 5.13 Å². The SMILES string of the molecule is COc1ccc2nc(N(CCCN(C)C)C(=O)C3COc4ccccc4O3)sc2c1. The molecule has 158 valence electrons. The van der Waals surface area contributed by atoms with Gasteiger partial charge < -0.3 is 19.1 Å². The Morgan fingerprint density at radius 3 is 2.77 bits per heavy atom. The minimum atomic E-state index is -0.708. The lowest BCUT2D eigenvalue weighted by atomic mass is 10.2. The van der Waals surface area contributed by atoms with Crippen molar-refractivity contribution in [3.05, 3.63) is 42.5 Å². The van der Waals surface area contributed by atoms with Gasteiger partial charge in [0, 0.05) is 6.54 Å². The smallest absolute Gasteiger partial charge is 0.273 e. The van der Waals surface area contributed by atoms with Gasteiger partial charge in [0.1, 0.15) is 12.4 Å². The maximum Gasteiger partial charge on any atom is 0.273 e. The Morgan fingerprint density at radius 2 is 2.00 bits per heavy atom. The summed E-state index contributed by atoms with van der Waals surface area (Å²) in [7, 11) is 5.68. The van der Waals surface area contributed by atoms with E-state index >= 15 is 0 Å². The van der Waals surface area contributed by atoms with Gasteiger partial charge in [0.05, 0.1) is 17.3 Å². The highest BCUT2D eigenvalue weighted by molar-refractivity contribution is 7.22. The van der Waals surface area contributed by atoms with E-state index < -0.39 is 6.10 Å². The lowest BCUT2D eigenvalue weighted by Crippen LogP contribution is -2.47. The zero-order valence-electron chi connectivity index (χ0n) is 17.3. The van der Waals surface area contributed by atoms with Gasteiger partial charge in [-0.1, -0.05) is 23.5 Å². The zero-order chi connectivity index (χ0) is 21.1. The molecule has 1 unspecified atom stereocenters. The third-order valence-corrected chi connectivity index (χ3v) is 5.89. The molecule has 0 fully saturated rings. The van der Waals surface area contributed by atoms with E-state index in [1.165, 1.54) is 11.3 Å². The fraction of sp³-hybridized carbons (Fsp3) is 0.364. The van der Waals surface area contributed by atoms with Crippen molar-refractivity contribution in [3.63, 3.8) is 0 Å². The maximum absolute atomic E-state index is 13.4. The van der Waals surface area contributed by atoms with Crippen molar-refractivity contribution in [2.45, 2.75) is 12.5 Å². The molecule has 0 aliphatic carbocycles. The molecule has 1 aliphatic heterocycles. The number of thiazole rings is 1. The molecule has 2 heterocycles. The number of carbonyl (C=O) groups excluding carboxylic acids is 1. The Balaban J connectivity index is 1.60. The molecule has 1 amide bonds. The molecule has 0 saturated carbocycles. The molecule has 3 aromatic rings. The summed E-state index contributed by atoms with van der Waals surface area (Å²) in [5.74, 6) is 1.87. The van der Waals surface area contributed by atoms with Gasteiger partial charge in [0.15, 0.2) is 16.6 Å². The van der Waals surface area contributed by atoms with Gasteiger partial charge in [-0.25, -0.2) is 4.98 Å². The van der Waals surface area contributed by atoms with Crippen molar-refractivity contribution in [1.29, 1.82) is 0 Å². The number of hydrogen-bond donors (Lipinski definition) is 0. The van der Waals surface area contributed by atoms with Crippen molar-refractivity contribution in [2.24, 2.45) is 0 Å². The van der Waals surface area contributed by atoms with Crippen LogP contribution in [0, 0.1) is 0 Å². The second kappa shape index (κ2) is 8.89. The zero-order valence-corrected chi connectivity index (χ0v) is 18.1. The van der Waals surface area contributed by atoms with Gasteiger partial charge in [-0.05, 0) is 57.4 Å². The van der Waals surface area contributed by atoms with Gasteiger partial charge >= 0.3 is 0 Å². The molecule has 0 N–H and O–H groups in total. The highest BCUT2D eigenvalue weighted by Gasteiger charge is 2.33. The van der Waals surface area contributed by atoms with Crippen LogP contribution in [-0.4, -0.2) is 62.8 Å². The van der Waals surface area contributed by atoms with Crippen LogP contribution in [0.3, 0.4) is 0 Å². The second-order valence-corrected chi connectivity index (χ2v) is 8.35. The summed E-state index contributed by atoms with van der Waals surface area (Å²) in [6.07, 6.45) is 0.114. The quantitative estimate of drug-likeness (QED) is 0.576. The fourth-order valence-corrected chi connectivity index (χ4v) is 4.32. The molecule has 0 spiro atoms. The first-order valence-electron chi connectivity index (χ1n) is 9.84. The third kappa shape index (κ3) is 4.34. The summed E-state index contributed by atoms with van der Waals surface area (Å²) in [6.45, 7) is 1.60. The average Bonchev–Trinajstić information content (AvgIpc) is 3.18. The van der Waals surface area contributed by atoms with Crippen molar-refractivity contribution in [2.75, 3.05) is 45.8 Å². The largest absolute Gasteiger partial charge is 0.497 e. The number of anilines is 1. The van der Waals surface area contributed by atoms with Gasteiger partial charge in [0.2, 0.25) is 6.10 Å². The van der Waals surface area contributed by atoms with Crippen LogP contribution in [0.1, 0.15) is 6.42 Å². The van der Waals surface area contributed by atoms with Gasteiger partial charge in [-0.2, -0.15) is 0 Å². The summed E-state index contributed by atoms with van der Waals surface area (Å²) in [5, 5.41) is 0.657. The molecule has 0 bridgehead atoms. The van der Waals surface area contributed by atoms with Crippen LogP contribution in [0.2, 0.25) is 0 Å². The summed E-state index contributed by atoms with van der Waals surface area (Å²) in [6, 6.07) is 13.1. The number of amides is 1. The van der Waals surface area contributed by atoms with Gasteiger partial charge in [-0.15, -0.1) is 0 Å². The normalized spacial score (nSPS) is 15.4. The van der Waals surface area contributed by atoms with Gasteiger partial charge in [0.25, 0.3) is 5.91 Å². The number of aromatic nitrogens is 1. The van der Waals surface area contributed by atoms with Crippen molar-refractivity contribution in [1.82, 2.24) is 9.88 Å². The third-order valence-electron chi connectivity index (χ3n) is 4.85. The molecule has 30 heavy (non-hydrogen) atoms. The molecule has 1 atom stereocenters. The first-order chi connectivity index (χ1) is 14.5. The Labute approximate surface area is 179 Å². The lowest BCUT2D eigenvalue weighted by molar-refractivity contribution is -0.127. The number of nitrogens with zero attached hydrogens (tertiary/aromatic N) is 3. The molecule has 1 aliphatic rings. The number of methoxy groups -OCH3 is 1. The van der Waals surface area contributed by atoms with E-state index in [1.54, 1.807) is 12.0 Å². The van der Waals surface area contributed by atoms with Crippen LogP contribution in [0.15, 0.2) is 42.5 Å². The van der Waals surface area contributed by atoms with Crippen LogP contribution < -0.4 is 19.1 Å². The summed E-state index contributed by atoms with van der Waals surface area (Å²) < 4.78 is 18.0. The predicted molar refractivity (Wildman–Crippen MR) is 118 cm³/mol. The number of benzene rings is 2. The molecular weight excluding hydrogens is 402 g/mol. The molecule has 7 nitrogen and oxygen atoms in total. The number of ether oxygens (including phenoxy) is 3. The van der Waals surface area contributed by atoms with Crippen LogP contribution >= 0.6 is 11.3 Å². The van der Waals surface area contributed by atoms with Crippen molar-refractivity contribution < 1.29 is 19.0 Å². The number of hydrogen-bond acceptors (Lipinski definition) is 7. The molecule has 0 saturated heterocycles. The topological polar surface area (TPSA) is 64.1 Å². The summed E-state index contributed by atoms with van der Waals surface area (Å²) in [5.41, 5.74) is 0.840. The minimum Gasteiger partial charge on any atom is -0.497 e. The summed E-state index contributed by atoms with van der Waals surface area (Å²) >= 11 is 1.48. The number of fused-ring (bicyclic) bond motifs is 2. The highest BCUT2D eigenvalue weighted by Crippen LogP contribution is 2.34. The van der Waals surface area contributed by atoms with E-state index in [-0.39, 0.29) is 12.5 Å². The second-order valence-electron chi connectivity index (χ2n) is 7.34. The predicted octanol–water partition coefficient (Wildman–Crippen LogP) is 3.43. The highest BCUT2D eigenvalue weighted by atomic mass is 32.1. The number of para-hydroxylation sites is 2. The van der Waals surface area contributed by atoms with Crippen LogP contribution in [0.25, 0.3) is 10.2 Å². The van der Waals surface area contributed by atoms with Gasteiger partial charge in [-0.3, -0.25) is 9.69 Å². The van der Waals surface area contributed by atoms with E-state index in [4.69, 9.17) is 19.2 Å². The van der Waals surface area contributed by atoms with E-state index in [0.717, 1.165) is 28.9 Å². The maximum atomic E-state index is 13.4. The number of carbonyl (C=O) groups is 1. The van der Waals surface area contributed by atoms with E-state index in [0.29, 0.717) is 23.2 Å². The molecular formula is C22H25N3O4S. The lowest BCUT2D eigenvalue weighted by Gasteiger charge is -2.29. The van der Waals surface area contributed by atoms with Crippen molar-refractivity contribution in [3.8, 4) is 17.2 Å². The Kier molecular flexibility index (Phi) is 6.06. The molecule has 2 aromatic carbocycles. The Morgan fingerprint density at radius 1 is 1.20 bits per heavy atom. The average molecular weight is 428 g/mol. The van der Waals surface area contributed by atoms with Crippen molar-refractivity contribution >= 4 is 32.6 Å².